The molecule has 0 saturated carbocycles. The largest absolute Gasteiger partial charge is 0.488 e. The molecular formula is C24H24BN3O2. The lowest BCUT2D eigenvalue weighted by Gasteiger charge is -2.19. The van der Waals surface area contributed by atoms with E-state index in [0.717, 1.165) is 22.6 Å². The van der Waals surface area contributed by atoms with Gasteiger partial charge >= 0.3 is 7.12 Å². The molecular weight excluding hydrogens is 373 g/mol. The van der Waals surface area contributed by atoms with E-state index in [1.54, 1.807) is 12.1 Å². The Morgan fingerprint density at radius 2 is 1.20 bits per heavy atom. The minimum Gasteiger partial charge on any atom is -0.423 e. The van der Waals surface area contributed by atoms with Crippen LogP contribution in [0.1, 0.15) is 26.3 Å². The van der Waals surface area contributed by atoms with Gasteiger partial charge in [0.2, 0.25) is 0 Å². The van der Waals surface area contributed by atoms with Crippen molar-refractivity contribution in [2.24, 2.45) is 0 Å². The molecule has 0 unspecified atom stereocenters. The fourth-order valence-corrected chi connectivity index (χ4v) is 3.40. The van der Waals surface area contributed by atoms with E-state index in [1.807, 2.05) is 47.0 Å². The van der Waals surface area contributed by atoms with Crippen molar-refractivity contribution < 1.29 is 10.0 Å². The van der Waals surface area contributed by atoms with Crippen molar-refractivity contribution in [3.8, 4) is 28.5 Å². The number of rotatable bonds is 4. The Morgan fingerprint density at radius 1 is 0.700 bits per heavy atom. The summed E-state index contributed by atoms with van der Waals surface area (Å²) in [6.45, 7) is 6.58. The predicted octanol–water partition coefficient (Wildman–Crippen LogP) is 3.58. The SMILES string of the molecule is CC(C)(C)c1ccc(-c2nnc(-c3ccc(B(O)O)cc3)n2-c2ccccc2)cc1. The number of para-hydroxylation sites is 1. The Morgan fingerprint density at radius 3 is 1.67 bits per heavy atom. The standard InChI is InChI=1S/C24H24BN3O2/c1-24(2,3)19-13-9-17(10-14-19)22-26-27-23(28(22)21-7-5-4-6-8-21)18-11-15-20(16-12-18)25(29)30/h4-16,29-30H,1-3H3. The molecule has 0 aliphatic rings. The van der Waals surface area contributed by atoms with Crippen LogP contribution in [0, 0.1) is 0 Å². The highest BCUT2D eigenvalue weighted by Crippen LogP contribution is 2.30. The molecule has 150 valence electrons. The van der Waals surface area contributed by atoms with E-state index < -0.39 is 7.12 Å². The molecule has 30 heavy (non-hydrogen) atoms. The molecule has 4 rings (SSSR count). The number of aromatic nitrogens is 3. The maximum Gasteiger partial charge on any atom is 0.488 e. The van der Waals surface area contributed by atoms with E-state index in [9.17, 15) is 10.0 Å². The third-order valence-corrected chi connectivity index (χ3v) is 5.15. The smallest absolute Gasteiger partial charge is 0.423 e. The highest BCUT2D eigenvalue weighted by molar-refractivity contribution is 6.58. The molecule has 0 saturated heterocycles. The lowest BCUT2D eigenvalue weighted by atomic mass is 9.80. The van der Waals surface area contributed by atoms with E-state index in [1.165, 1.54) is 5.56 Å². The molecule has 6 heteroatoms. The van der Waals surface area contributed by atoms with Crippen molar-refractivity contribution >= 4 is 12.6 Å². The first-order valence-corrected chi connectivity index (χ1v) is 9.93. The summed E-state index contributed by atoms with van der Waals surface area (Å²) >= 11 is 0. The second kappa shape index (κ2) is 7.90. The van der Waals surface area contributed by atoms with Crippen molar-refractivity contribution in [2.75, 3.05) is 0 Å². The van der Waals surface area contributed by atoms with E-state index in [2.05, 4.69) is 55.2 Å². The summed E-state index contributed by atoms with van der Waals surface area (Å²) in [5.41, 5.74) is 4.55. The van der Waals surface area contributed by atoms with Crippen molar-refractivity contribution in [3.63, 3.8) is 0 Å². The summed E-state index contributed by atoms with van der Waals surface area (Å²) in [7, 11) is -1.50. The zero-order valence-electron chi connectivity index (χ0n) is 17.3. The molecule has 5 nitrogen and oxygen atoms in total. The van der Waals surface area contributed by atoms with Crippen molar-refractivity contribution in [3.05, 3.63) is 84.4 Å². The predicted molar refractivity (Wildman–Crippen MR) is 121 cm³/mol. The Balaban J connectivity index is 1.84. The Bertz CT molecular complexity index is 1130. The van der Waals surface area contributed by atoms with Crippen molar-refractivity contribution in [1.29, 1.82) is 0 Å². The molecule has 0 bridgehead atoms. The van der Waals surface area contributed by atoms with E-state index in [0.29, 0.717) is 11.3 Å². The topological polar surface area (TPSA) is 71.2 Å². The van der Waals surface area contributed by atoms with Gasteiger partial charge in [-0.1, -0.05) is 87.5 Å². The van der Waals surface area contributed by atoms with Crippen LogP contribution < -0.4 is 5.46 Å². The van der Waals surface area contributed by atoms with E-state index >= 15 is 0 Å². The van der Waals surface area contributed by atoms with Crippen LogP contribution in [-0.4, -0.2) is 31.9 Å². The molecule has 0 atom stereocenters. The van der Waals surface area contributed by atoms with Gasteiger partial charge in [0.25, 0.3) is 0 Å². The van der Waals surface area contributed by atoms with Crippen LogP contribution in [0.5, 0.6) is 0 Å². The number of benzene rings is 3. The third-order valence-electron chi connectivity index (χ3n) is 5.15. The molecule has 0 spiro atoms. The highest BCUT2D eigenvalue weighted by atomic mass is 16.4. The number of hydrogen-bond donors (Lipinski definition) is 2. The fraction of sp³-hybridized carbons (Fsp3) is 0.167. The first-order valence-electron chi connectivity index (χ1n) is 9.93. The summed E-state index contributed by atoms with van der Waals surface area (Å²) in [5.74, 6) is 1.44. The van der Waals surface area contributed by atoms with Gasteiger partial charge in [0.05, 0.1) is 0 Å². The van der Waals surface area contributed by atoms with Crippen LogP contribution in [0.15, 0.2) is 78.9 Å². The first-order chi connectivity index (χ1) is 14.3. The zero-order chi connectivity index (χ0) is 21.3. The molecule has 0 radical (unpaired) electrons. The second-order valence-electron chi connectivity index (χ2n) is 8.34. The van der Waals surface area contributed by atoms with Gasteiger partial charge in [-0.15, -0.1) is 10.2 Å². The molecule has 0 amide bonds. The normalized spacial score (nSPS) is 11.5. The summed E-state index contributed by atoms with van der Waals surface area (Å²) in [5, 5.41) is 27.7. The molecule has 1 aromatic heterocycles. The van der Waals surface area contributed by atoms with Crippen molar-refractivity contribution in [1.82, 2.24) is 14.8 Å². The summed E-state index contributed by atoms with van der Waals surface area (Å²) in [4.78, 5) is 0. The molecule has 2 N–H and O–H groups in total. The van der Waals surface area contributed by atoms with Crippen LogP contribution in [0.3, 0.4) is 0 Å². The van der Waals surface area contributed by atoms with Gasteiger partial charge in [0.1, 0.15) is 0 Å². The lowest BCUT2D eigenvalue weighted by Crippen LogP contribution is -2.29. The van der Waals surface area contributed by atoms with Gasteiger partial charge in [-0.05, 0) is 28.6 Å². The Hall–Kier alpha value is -3.22. The third kappa shape index (κ3) is 3.92. The maximum absolute atomic E-state index is 9.37. The highest BCUT2D eigenvalue weighted by Gasteiger charge is 2.19. The minimum atomic E-state index is -1.50. The van der Waals surface area contributed by atoms with Gasteiger partial charge in [0.15, 0.2) is 11.6 Å². The molecule has 4 aromatic rings. The molecule has 3 aromatic carbocycles. The van der Waals surface area contributed by atoms with Gasteiger partial charge in [0, 0.05) is 16.8 Å². The molecule has 0 fully saturated rings. The van der Waals surface area contributed by atoms with Crippen LogP contribution >= 0.6 is 0 Å². The maximum atomic E-state index is 9.37. The lowest BCUT2D eigenvalue weighted by molar-refractivity contribution is 0.426. The summed E-state index contributed by atoms with van der Waals surface area (Å²) < 4.78 is 2.02. The summed E-state index contributed by atoms with van der Waals surface area (Å²) in [6.07, 6.45) is 0. The van der Waals surface area contributed by atoms with Crippen LogP contribution in [0.25, 0.3) is 28.5 Å². The number of hydrogen-bond acceptors (Lipinski definition) is 4. The van der Waals surface area contributed by atoms with Gasteiger partial charge in [-0.2, -0.15) is 0 Å². The average Bonchev–Trinajstić information content (AvgIpc) is 3.19. The van der Waals surface area contributed by atoms with Crippen molar-refractivity contribution in [2.45, 2.75) is 26.2 Å². The van der Waals surface area contributed by atoms with Gasteiger partial charge in [-0.3, -0.25) is 4.57 Å². The van der Waals surface area contributed by atoms with Crippen LogP contribution in [0.4, 0.5) is 0 Å². The second-order valence-corrected chi connectivity index (χ2v) is 8.34. The number of nitrogens with zero attached hydrogens (tertiary/aromatic N) is 3. The zero-order valence-corrected chi connectivity index (χ0v) is 17.3. The van der Waals surface area contributed by atoms with Gasteiger partial charge < -0.3 is 10.0 Å². The summed E-state index contributed by atoms with van der Waals surface area (Å²) in [6, 6.07) is 25.4. The molecule has 0 aliphatic heterocycles. The van der Waals surface area contributed by atoms with Crippen LogP contribution in [-0.2, 0) is 5.41 Å². The average molecular weight is 397 g/mol. The monoisotopic (exact) mass is 397 g/mol. The minimum absolute atomic E-state index is 0.0792. The van der Waals surface area contributed by atoms with Gasteiger partial charge in [-0.25, -0.2) is 0 Å². The molecule has 0 aliphatic carbocycles. The van der Waals surface area contributed by atoms with E-state index in [4.69, 9.17) is 0 Å². The Labute approximate surface area is 176 Å². The quantitative estimate of drug-likeness (QED) is 0.517. The van der Waals surface area contributed by atoms with E-state index in [-0.39, 0.29) is 5.41 Å². The van der Waals surface area contributed by atoms with Crippen LogP contribution in [0.2, 0.25) is 0 Å². The Kier molecular flexibility index (Phi) is 5.28. The first kappa shape index (κ1) is 20.1. The molecule has 1 heterocycles. The fourth-order valence-electron chi connectivity index (χ4n) is 3.40.